The summed E-state index contributed by atoms with van der Waals surface area (Å²) in [5, 5.41) is 0. The molecular weight excluding hydrogens is 377 g/mol. The highest BCUT2D eigenvalue weighted by atomic mass is 79.9. The first-order chi connectivity index (χ1) is 8.32. The summed E-state index contributed by atoms with van der Waals surface area (Å²) < 4.78 is 8.34. The molecule has 18 heavy (non-hydrogen) atoms. The van der Waals surface area contributed by atoms with Gasteiger partial charge in [-0.1, -0.05) is 0 Å². The Morgan fingerprint density at radius 2 is 0.778 bits per heavy atom. The first-order valence-electron chi connectivity index (χ1n) is 7.17. The molecule has 3 aliphatic rings. The Hall–Kier alpha value is 1.27. The number of rotatable bonds is 3. The summed E-state index contributed by atoms with van der Waals surface area (Å²) >= 11 is 4.25. The molecule has 3 nitrogen and oxygen atoms in total. The monoisotopic (exact) mass is 399 g/mol. The fraction of sp³-hybridized carbons (Fsp3) is 1.00. The molecule has 0 saturated carbocycles. The normalized spacial score (nSPS) is 27.8. The van der Waals surface area contributed by atoms with E-state index in [-0.39, 0.29) is 17.0 Å². The molecule has 0 atom stereocenters. The molecule has 0 aromatic heterocycles. The molecule has 0 amide bonds. The van der Waals surface area contributed by atoms with Crippen molar-refractivity contribution in [2.45, 2.75) is 38.5 Å². The van der Waals surface area contributed by atoms with E-state index in [4.69, 9.17) is 0 Å². The maximum atomic E-state index is 4.25. The van der Waals surface area contributed by atoms with Gasteiger partial charge in [0.25, 0.3) is 6.42 Å². The Balaban J connectivity index is 0.00000120. The van der Waals surface area contributed by atoms with Crippen LogP contribution in [0.3, 0.4) is 0 Å². The molecule has 0 aliphatic carbocycles. The van der Waals surface area contributed by atoms with E-state index >= 15 is 0 Å². The summed E-state index contributed by atoms with van der Waals surface area (Å²) in [5.74, 6) is 0. The zero-order valence-corrected chi connectivity index (χ0v) is 15.1. The number of hydrogen-bond donors (Lipinski definition) is 0. The standard InChI is InChI=1S/C12H24BrN3P.BrH/c13-17(14-7-1-2-8-14,15-9-3-4-10-15)16-11-5-6-12-16;/h1-12H2;1H/q+1;/p-1. The predicted molar refractivity (Wildman–Crippen MR) is 78.3 cm³/mol. The zero-order valence-electron chi connectivity index (χ0n) is 11.0. The molecule has 0 radical (unpaired) electrons. The Morgan fingerprint density at radius 1 is 0.556 bits per heavy atom. The van der Waals surface area contributed by atoms with Gasteiger partial charge in [-0.3, -0.25) is 0 Å². The molecule has 3 aliphatic heterocycles. The number of nitrogens with zero attached hydrogens (tertiary/aromatic N) is 3. The third kappa shape index (κ3) is 2.82. The molecule has 3 rings (SSSR count). The summed E-state index contributed by atoms with van der Waals surface area (Å²) in [6, 6.07) is 0. The van der Waals surface area contributed by atoms with E-state index in [1.54, 1.807) is 0 Å². The lowest BCUT2D eigenvalue weighted by Gasteiger charge is -2.38. The second-order valence-corrected chi connectivity index (χ2v) is 11.0. The molecule has 0 spiro atoms. The zero-order chi connectivity index (χ0) is 11.7. The van der Waals surface area contributed by atoms with Gasteiger partial charge in [0, 0.05) is 39.3 Å². The van der Waals surface area contributed by atoms with Gasteiger partial charge < -0.3 is 17.0 Å². The fourth-order valence-electron chi connectivity index (χ4n) is 3.40. The van der Waals surface area contributed by atoms with Gasteiger partial charge >= 0.3 is 0 Å². The highest BCUT2D eigenvalue weighted by molar-refractivity contribution is 9.41. The third-order valence-electron chi connectivity index (χ3n) is 4.33. The van der Waals surface area contributed by atoms with Crippen LogP contribution in [-0.2, 0) is 0 Å². The molecule has 0 bridgehead atoms. The molecule has 106 valence electrons. The molecule has 3 fully saturated rings. The lowest BCUT2D eigenvalue weighted by molar-refractivity contribution is -0.00000360. The maximum Gasteiger partial charge on any atom is 0.299 e. The minimum atomic E-state index is -1.30. The second kappa shape index (κ2) is 6.82. The van der Waals surface area contributed by atoms with Crippen molar-refractivity contribution in [3.63, 3.8) is 0 Å². The van der Waals surface area contributed by atoms with Gasteiger partial charge in [0.15, 0.2) is 0 Å². The van der Waals surface area contributed by atoms with Gasteiger partial charge in [-0.05, 0) is 38.5 Å². The molecule has 3 heterocycles. The minimum Gasteiger partial charge on any atom is -1.00 e. The van der Waals surface area contributed by atoms with Crippen molar-refractivity contribution in [2.24, 2.45) is 0 Å². The van der Waals surface area contributed by atoms with Crippen LogP contribution in [0.4, 0.5) is 0 Å². The third-order valence-corrected chi connectivity index (χ3v) is 11.7. The van der Waals surface area contributed by atoms with Crippen molar-refractivity contribution in [2.75, 3.05) is 39.3 Å². The Labute approximate surface area is 130 Å². The van der Waals surface area contributed by atoms with Crippen LogP contribution in [-0.4, -0.2) is 53.3 Å². The van der Waals surface area contributed by atoms with Crippen LogP contribution in [0.2, 0.25) is 0 Å². The van der Waals surface area contributed by atoms with Crippen LogP contribution in [0.5, 0.6) is 0 Å². The largest absolute Gasteiger partial charge is 1.00 e. The van der Waals surface area contributed by atoms with E-state index in [1.807, 2.05) is 0 Å². The van der Waals surface area contributed by atoms with E-state index < -0.39 is 6.42 Å². The van der Waals surface area contributed by atoms with Crippen LogP contribution >= 0.6 is 21.9 Å². The van der Waals surface area contributed by atoms with Crippen LogP contribution in [0.25, 0.3) is 0 Å². The van der Waals surface area contributed by atoms with E-state index in [9.17, 15) is 0 Å². The van der Waals surface area contributed by atoms with Crippen molar-refractivity contribution in [3.8, 4) is 0 Å². The van der Waals surface area contributed by atoms with Gasteiger partial charge in [0.1, 0.15) is 0 Å². The second-order valence-electron chi connectivity index (χ2n) is 5.48. The van der Waals surface area contributed by atoms with Crippen molar-refractivity contribution in [3.05, 3.63) is 0 Å². The summed E-state index contributed by atoms with van der Waals surface area (Å²) in [6.07, 6.45) is 7.09. The Morgan fingerprint density at radius 3 is 1.00 bits per heavy atom. The minimum absolute atomic E-state index is 0. The Bertz CT molecular complexity index is 221. The number of hydrogen-bond acceptors (Lipinski definition) is 3. The lowest BCUT2D eigenvalue weighted by atomic mass is 10.4. The Kier molecular flexibility index (Phi) is 5.93. The van der Waals surface area contributed by atoms with E-state index in [0.29, 0.717) is 0 Å². The van der Waals surface area contributed by atoms with Gasteiger partial charge in [0.05, 0.1) is 0 Å². The van der Waals surface area contributed by atoms with E-state index in [2.05, 4.69) is 29.5 Å². The van der Waals surface area contributed by atoms with E-state index in [0.717, 1.165) is 0 Å². The quantitative estimate of drug-likeness (QED) is 0.633. The summed E-state index contributed by atoms with van der Waals surface area (Å²) in [4.78, 5) is 0. The van der Waals surface area contributed by atoms with Gasteiger partial charge in [-0.15, -0.1) is 14.0 Å². The summed E-state index contributed by atoms with van der Waals surface area (Å²) in [7, 11) is 0. The molecule has 6 heteroatoms. The SMILES string of the molecule is Br[P+](N1CCCC1)(N1CCCC1)N1CCCC1.[Br-]. The average molecular weight is 401 g/mol. The van der Waals surface area contributed by atoms with E-state index in [1.165, 1.54) is 77.8 Å². The molecule has 0 aromatic rings. The lowest BCUT2D eigenvalue weighted by Crippen LogP contribution is -3.00. The molecule has 0 N–H and O–H groups in total. The molecule has 0 aromatic carbocycles. The topological polar surface area (TPSA) is 9.72 Å². The van der Waals surface area contributed by atoms with Crippen LogP contribution in [0, 0.1) is 0 Å². The molecular formula is C12H24Br2N3P. The molecule has 0 unspecified atom stereocenters. The van der Waals surface area contributed by atoms with Gasteiger partial charge in [-0.2, -0.15) is 0 Å². The van der Waals surface area contributed by atoms with Crippen LogP contribution in [0.1, 0.15) is 38.5 Å². The van der Waals surface area contributed by atoms with Crippen molar-refractivity contribution in [1.29, 1.82) is 0 Å². The van der Waals surface area contributed by atoms with Crippen molar-refractivity contribution in [1.82, 2.24) is 14.0 Å². The number of halogens is 2. The van der Waals surface area contributed by atoms with Crippen LogP contribution in [0.15, 0.2) is 0 Å². The first kappa shape index (κ1) is 15.7. The highest BCUT2D eigenvalue weighted by Crippen LogP contribution is 2.75. The predicted octanol–water partition coefficient (Wildman–Crippen LogP) is 0.350. The van der Waals surface area contributed by atoms with Crippen molar-refractivity contribution < 1.29 is 17.0 Å². The summed E-state index contributed by atoms with van der Waals surface area (Å²) in [5.41, 5.74) is 0. The van der Waals surface area contributed by atoms with Crippen LogP contribution < -0.4 is 17.0 Å². The smallest absolute Gasteiger partial charge is 0.299 e. The fourth-order valence-corrected chi connectivity index (χ4v) is 9.70. The molecule has 3 saturated heterocycles. The maximum absolute atomic E-state index is 4.25. The first-order valence-corrected chi connectivity index (χ1v) is 10.8. The van der Waals surface area contributed by atoms with Gasteiger partial charge in [-0.25, -0.2) is 0 Å². The summed E-state index contributed by atoms with van der Waals surface area (Å²) in [6.45, 7) is 7.87. The highest BCUT2D eigenvalue weighted by Gasteiger charge is 2.57. The van der Waals surface area contributed by atoms with Crippen molar-refractivity contribution >= 4 is 21.9 Å². The van der Waals surface area contributed by atoms with Gasteiger partial charge in [0.2, 0.25) is 15.5 Å². The average Bonchev–Trinajstić information content (AvgIpc) is 3.10.